The van der Waals surface area contributed by atoms with Gasteiger partial charge in [0.2, 0.25) is 0 Å². The number of halogens is 1. The highest BCUT2D eigenvalue weighted by Crippen LogP contribution is 2.38. The number of aryl methyl sites for hydroxylation is 1. The molecular formula is C16H16ClN3O3S2. The summed E-state index contributed by atoms with van der Waals surface area (Å²) in [5.41, 5.74) is 1.61. The first kappa shape index (κ1) is 18.2. The number of thiophene rings is 1. The highest BCUT2D eigenvalue weighted by atomic mass is 35.5. The SMILES string of the molecule is COC(=O)c1c(NC(=O)c2cnc(SC)nc2Cl)sc2c1CCCC2. The number of methoxy groups -OCH3 is 1. The molecule has 1 amide bonds. The molecule has 0 radical (unpaired) electrons. The van der Waals surface area contributed by atoms with E-state index < -0.39 is 11.9 Å². The lowest BCUT2D eigenvalue weighted by atomic mass is 9.95. The van der Waals surface area contributed by atoms with Gasteiger partial charge in [0, 0.05) is 11.1 Å². The summed E-state index contributed by atoms with van der Waals surface area (Å²) in [6.07, 6.45) is 7.05. The Balaban J connectivity index is 1.93. The van der Waals surface area contributed by atoms with E-state index in [-0.39, 0.29) is 10.7 Å². The van der Waals surface area contributed by atoms with Crippen LogP contribution in [0.1, 0.15) is 44.0 Å². The topological polar surface area (TPSA) is 81.2 Å². The summed E-state index contributed by atoms with van der Waals surface area (Å²) in [6.45, 7) is 0. The van der Waals surface area contributed by atoms with Gasteiger partial charge in [-0.3, -0.25) is 4.79 Å². The van der Waals surface area contributed by atoms with Gasteiger partial charge in [0.1, 0.15) is 10.2 Å². The number of amides is 1. The van der Waals surface area contributed by atoms with Crippen molar-refractivity contribution < 1.29 is 14.3 Å². The molecule has 0 saturated heterocycles. The lowest BCUT2D eigenvalue weighted by Crippen LogP contribution is -2.16. The number of thioether (sulfide) groups is 1. The number of carbonyl (C=O) groups is 2. The minimum Gasteiger partial charge on any atom is -0.465 e. The number of nitrogens with zero attached hydrogens (tertiary/aromatic N) is 2. The first-order valence-electron chi connectivity index (χ1n) is 7.66. The van der Waals surface area contributed by atoms with Crippen molar-refractivity contribution in [3.63, 3.8) is 0 Å². The third-order valence-electron chi connectivity index (χ3n) is 3.94. The van der Waals surface area contributed by atoms with Crippen molar-refractivity contribution in [1.82, 2.24) is 9.97 Å². The van der Waals surface area contributed by atoms with Gasteiger partial charge in [0.25, 0.3) is 5.91 Å². The number of ether oxygens (including phenoxy) is 1. The molecule has 25 heavy (non-hydrogen) atoms. The van der Waals surface area contributed by atoms with E-state index in [4.69, 9.17) is 16.3 Å². The van der Waals surface area contributed by atoms with Crippen LogP contribution in [0, 0.1) is 0 Å². The number of esters is 1. The summed E-state index contributed by atoms with van der Waals surface area (Å²) >= 11 is 8.85. The van der Waals surface area contributed by atoms with Gasteiger partial charge in [-0.15, -0.1) is 11.3 Å². The fourth-order valence-corrected chi connectivity index (χ4v) is 4.62. The smallest absolute Gasteiger partial charge is 0.341 e. The minimum atomic E-state index is -0.443. The van der Waals surface area contributed by atoms with Gasteiger partial charge in [0.15, 0.2) is 5.16 Å². The maximum atomic E-state index is 12.6. The summed E-state index contributed by atoms with van der Waals surface area (Å²) in [4.78, 5) is 34.1. The molecule has 0 aromatic carbocycles. The standard InChI is InChI=1S/C16H16ClN3O3S2/c1-23-15(22)11-8-5-3-4-6-10(8)25-14(11)20-13(21)9-7-18-16(24-2)19-12(9)17/h7H,3-6H2,1-2H3,(H,20,21). The first-order valence-corrected chi connectivity index (χ1v) is 10.1. The van der Waals surface area contributed by atoms with Crippen molar-refractivity contribution in [2.45, 2.75) is 30.8 Å². The van der Waals surface area contributed by atoms with Gasteiger partial charge < -0.3 is 10.1 Å². The number of rotatable bonds is 4. The van der Waals surface area contributed by atoms with Crippen LogP contribution >= 0.6 is 34.7 Å². The minimum absolute atomic E-state index is 0.0813. The molecule has 1 N–H and O–H groups in total. The van der Waals surface area contributed by atoms with Crippen LogP contribution in [-0.2, 0) is 17.6 Å². The summed E-state index contributed by atoms with van der Waals surface area (Å²) in [7, 11) is 1.34. The highest BCUT2D eigenvalue weighted by molar-refractivity contribution is 7.98. The van der Waals surface area contributed by atoms with Gasteiger partial charge in [-0.25, -0.2) is 14.8 Å². The molecule has 0 atom stereocenters. The first-order chi connectivity index (χ1) is 12.0. The zero-order valence-electron chi connectivity index (χ0n) is 13.7. The van der Waals surface area contributed by atoms with Crippen LogP contribution in [0.15, 0.2) is 11.4 Å². The Kier molecular flexibility index (Phi) is 5.61. The molecule has 0 unspecified atom stereocenters. The summed E-state index contributed by atoms with van der Waals surface area (Å²) in [5, 5.41) is 3.85. The maximum Gasteiger partial charge on any atom is 0.341 e. The van der Waals surface area contributed by atoms with E-state index in [9.17, 15) is 9.59 Å². The average Bonchev–Trinajstić information content (AvgIpc) is 2.98. The van der Waals surface area contributed by atoms with Crippen LogP contribution in [0.3, 0.4) is 0 Å². The Bertz CT molecular complexity index is 838. The van der Waals surface area contributed by atoms with Crippen LogP contribution in [-0.4, -0.2) is 35.2 Å². The molecule has 1 aliphatic carbocycles. The van der Waals surface area contributed by atoms with Crippen molar-refractivity contribution in [3.8, 4) is 0 Å². The predicted molar refractivity (Wildman–Crippen MR) is 99.1 cm³/mol. The molecule has 1 aliphatic rings. The van der Waals surface area contributed by atoms with E-state index in [1.54, 1.807) is 0 Å². The second-order valence-corrected chi connectivity index (χ2v) is 7.66. The molecule has 0 spiro atoms. The van der Waals surface area contributed by atoms with Crippen LogP contribution < -0.4 is 5.32 Å². The molecule has 2 aromatic rings. The Morgan fingerprint density at radius 2 is 2.12 bits per heavy atom. The van der Waals surface area contributed by atoms with Gasteiger partial charge in [-0.1, -0.05) is 23.4 Å². The predicted octanol–water partition coefficient (Wildman–Crippen LogP) is 3.83. The van der Waals surface area contributed by atoms with Crippen LogP contribution in [0.25, 0.3) is 0 Å². The zero-order chi connectivity index (χ0) is 18.0. The Morgan fingerprint density at radius 3 is 2.80 bits per heavy atom. The molecule has 9 heteroatoms. The number of aromatic nitrogens is 2. The van der Waals surface area contributed by atoms with E-state index in [1.807, 2.05) is 6.26 Å². The molecule has 0 saturated carbocycles. The van der Waals surface area contributed by atoms with Gasteiger partial charge >= 0.3 is 5.97 Å². The summed E-state index contributed by atoms with van der Waals surface area (Å²) in [5.74, 6) is -0.879. The Labute approximate surface area is 158 Å². The van der Waals surface area contributed by atoms with Gasteiger partial charge in [-0.05, 0) is 37.5 Å². The number of hydrogen-bond donors (Lipinski definition) is 1. The largest absolute Gasteiger partial charge is 0.465 e. The lowest BCUT2D eigenvalue weighted by molar-refractivity contribution is 0.0601. The van der Waals surface area contributed by atoms with Crippen LogP contribution in [0.2, 0.25) is 5.15 Å². The lowest BCUT2D eigenvalue weighted by Gasteiger charge is -2.11. The van der Waals surface area contributed by atoms with E-state index in [0.717, 1.165) is 36.1 Å². The molecule has 6 nitrogen and oxygen atoms in total. The second kappa shape index (κ2) is 7.72. The number of carbonyl (C=O) groups excluding carboxylic acids is 2. The average molecular weight is 398 g/mol. The van der Waals surface area contributed by atoms with Crippen LogP contribution in [0.4, 0.5) is 5.00 Å². The van der Waals surface area contributed by atoms with E-state index >= 15 is 0 Å². The third kappa shape index (κ3) is 3.65. The normalized spacial score (nSPS) is 13.2. The number of hydrogen-bond acceptors (Lipinski definition) is 7. The van der Waals surface area contributed by atoms with Crippen molar-refractivity contribution in [2.24, 2.45) is 0 Å². The number of nitrogens with one attached hydrogen (secondary N) is 1. The second-order valence-electron chi connectivity index (χ2n) is 5.42. The van der Waals surface area contributed by atoms with Gasteiger partial charge in [0.05, 0.1) is 18.2 Å². The summed E-state index contributed by atoms with van der Waals surface area (Å²) in [6, 6.07) is 0. The maximum absolute atomic E-state index is 12.6. The third-order valence-corrected chi connectivity index (χ3v) is 5.99. The molecule has 0 fully saturated rings. The van der Waals surface area contributed by atoms with Gasteiger partial charge in [-0.2, -0.15) is 0 Å². The molecule has 2 heterocycles. The molecule has 0 bridgehead atoms. The van der Waals surface area contributed by atoms with Crippen molar-refractivity contribution in [3.05, 3.63) is 32.9 Å². The molecule has 2 aromatic heterocycles. The molecule has 0 aliphatic heterocycles. The van der Waals surface area contributed by atoms with E-state index in [1.165, 1.54) is 36.4 Å². The molecular weight excluding hydrogens is 382 g/mol. The van der Waals surface area contributed by atoms with Crippen LogP contribution in [0.5, 0.6) is 0 Å². The zero-order valence-corrected chi connectivity index (χ0v) is 16.1. The fraction of sp³-hybridized carbons (Fsp3) is 0.375. The Hall–Kier alpha value is -1.64. The van der Waals surface area contributed by atoms with Crippen molar-refractivity contribution >= 4 is 51.6 Å². The quantitative estimate of drug-likeness (QED) is 0.365. The highest BCUT2D eigenvalue weighted by Gasteiger charge is 2.27. The molecule has 132 valence electrons. The molecule has 3 rings (SSSR count). The van der Waals surface area contributed by atoms with E-state index in [0.29, 0.717) is 15.7 Å². The Morgan fingerprint density at radius 1 is 1.36 bits per heavy atom. The van der Waals surface area contributed by atoms with E-state index in [2.05, 4.69) is 15.3 Å². The number of fused-ring (bicyclic) bond motifs is 1. The fourth-order valence-electron chi connectivity index (χ4n) is 2.74. The number of anilines is 1. The summed E-state index contributed by atoms with van der Waals surface area (Å²) < 4.78 is 4.91. The van der Waals surface area contributed by atoms with Crippen molar-refractivity contribution in [1.29, 1.82) is 0 Å². The van der Waals surface area contributed by atoms with Crippen molar-refractivity contribution in [2.75, 3.05) is 18.7 Å². The monoisotopic (exact) mass is 397 g/mol.